The largest absolute Gasteiger partial charge is 0.503 e. The summed E-state index contributed by atoms with van der Waals surface area (Å²) in [6, 6.07) is 12.5. The Morgan fingerprint density at radius 3 is 2.77 bits per heavy atom. The summed E-state index contributed by atoms with van der Waals surface area (Å²) in [6.07, 6.45) is 1.68. The third-order valence-electron chi connectivity index (χ3n) is 2.88. The van der Waals surface area contributed by atoms with Gasteiger partial charge < -0.3 is 9.84 Å². The minimum absolute atomic E-state index is 0.130. The number of phenols is 1. The summed E-state index contributed by atoms with van der Waals surface area (Å²) in [7, 11) is 1.42. The Kier molecular flexibility index (Phi) is 5.38. The summed E-state index contributed by atoms with van der Waals surface area (Å²) in [5, 5.41) is 13.6. The van der Waals surface area contributed by atoms with Gasteiger partial charge in [0.25, 0.3) is 0 Å². The van der Waals surface area contributed by atoms with Crippen LogP contribution in [0.2, 0.25) is 5.02 Å². The number of aromatic hydroxyl groups is 1. The van der Waals surface area contributed by atoms with Gasteiger partial charge in [-0.2, -0.15) is 5.10 Å². The number of hydrogen-bond donors (Lipinski definition) is 2. The van der Waals surface area contributed by atoms with E-state index in [1.165, 1.54) is 19.4 Å². The Morgan fingerprint density at radius 1 is 1.36 bits per heavy atom. The number of nitrogens with one attached hydrogen (secondary N) is 1. The summed E-state index contributed by atoms with van der Waals surface area (Å²) in [6.45, 7) is 0. The molecule has 0 atom stereocenters. The number of halogens is 1. The zero-order valence-corrected chi connectivity index (χ0v) is 12.7. The molecule has 0 radical (unpaired) electrons. The maximum Gasteiger partial charge on any atom is 0.244 e. The second kappa shape index (κ2) is 7.47. The molecule has 0 aromatic heterocycles. The monoisotopic (exact) mass is 318 g/mol. The first kappa shape index (κ1) is 15.9. The Labute approximate surface area is 133 Å². The molecule has 0 heterocycles. The lowest BCUT2D eigenvalue weighted by molar-refractivity contribution is -0.120. The maximum absolute atomic E-state index is 11.7. The number of hydrazone groups is 1. The molecule has 0 spiro atoms. The van der Waals surface area contributed by atoms with Gasteiger partial charge in [0, 0.05) is 0 Å². The molecule has 2 aromatic rings. The predicted octanol–water partition coefficient (Wildman–Crippen LogP) is 2.75. The van der Waals surface area contributed by atoms with Crippen LogP contribution in [0.4, 0.5) is 0 Å². The Hall–Kier alpha value is -2.53. The zero-order valence-electron chi connectivity index (χ0n) is 11.9. The van der Waals surface area contributed by atoms with Crippen LogP contribution in [0.15, 0.2) is 47.6 Å². The molecule has 5 nitrogen and oxygen atoms in total. The average molecular weight is 319 g/mol. The summed E-state index contributed by atoms with van der Waals surface area (Å²) < 4.78 is 4.99. The first-order valence-corrected chi connectivity index (χ1v) is 6.90. The van der Waals surface area contributed by atoms with Gasteiger partial charge in [-0.1, -0.05) is 41.9 Å². The second-order valence-electron chi connectivity index (χ2n) is 4.51. The number of benzene rings is 2. The average Bonchev–Trinajstić information content (AvgIpc) is 2.51. The third kappa shape index (κ3) is 4.23. The fraction of sp³-hybridized carbons (Fsp3) is 0.125. The predicted molar refractivity (Wildman–Crippen MR) is 85.6 cm³/mol. The van der Waals surface area contributed by atoms with Gasteiger partial charge in [0.05, 0.1) is 24.8 Å². The van der Waals surface area contributed by atoms with Crippen molar-refractivity contribution in [1.29, 1.82) is 0 Å². The molecule has 2 N–H and O–H groups in total. The third-order valence-corrected chi connectivity index (χ3v) is 3.17. The Morgan fingerprint density at radius 2 is 2.09 bits per heavy atom. The fourth-order valence-electron chi connectivity index (χ4n) is 1.82. The number of phenolic OH excluding ortho intramolecular Hbond substituents is 1. The molecular formula is C16H15ClN2O3. The van der Waals surface area contributed by atoms with Gasteiger partial charge in [0.1, 0.15) is 0 Å². The summed E-state index contributed by atoms with van der Waals surface area (Å²) in [4.78, 5) is 11.7. The van der Waals surface area contributed by atoms with Gasteiger partial charge in [-0.3, -0.25) is 4.79 Å². The normalized spacial score (nSPS) is 10.6. The van der Waals surface area contributed by atoms with Crippen molar-refractivity contribution in [3.05, 3.63) is 58.6 Å². The van der Waals surface area contributed by atoms with Crippen LogP contribution >= 0.6 is 11.6 Å². The lowest BCUT2D eigenvalue weighted by atomic mass is 10.1. The van der Waals surface area contributed by atoms with Crippen LogP contribution in [-0.2, 0) is 11.2 Å². The van der Waals surface area contributed by atoms with E-state index in [1.807, 2.05) is 30.3 Å². The van der Waals surface area contributed by atoms with Crippen LogP contribution in [0.3, 0.4) is 0 Å². The summed E-state index contributed by atoms with van der Waals surface area (Å²) in [5.74, 6) is -0.113. The number of carbonyl (C=O) groups is 1. The molecule has 0 unspecified atom stereocenters. The Bertz CT molecular complexity index is 687. The van der Waals surface area contributed by atoms with Crippen LogP contribution in [0.25, 0.3) is 0 Å². The fourth-order valence-corrected chi connectivity index (χ4v) is 2.04. The molecule has 0 saturated carbocycles. The van der Waals surface area contributed by atoms with E-state index in [4.69, 9.17) is 16.3 Å². The number of rotatable bonds is 5. The van der Waals surface area contributed by atoms with E-state index in [9.17, 15) is 9.90 Å². The summed E-state index contributed by atoms with van der Waals surface area (Å²) >= 11 is 5.87. The molecule has 0 aliphatic heterocycles. The van der Waals surface area contributed by atoms with Gasteiger partial charge in [-0.05, 0) is 23.3 Å². The lowest BCUT2D eigenvalue weighted by Crippen LogP contribution is -2.19. The van der Waals surface area contributed by atoms with Crippen molar-refractivity contribution >= 4 is 23.7 Å². The van der Waals surface area contributed by atoms with E-state index in [1.54, 1.807) is 6.07 Å². The minimum atomic E-state index is -0.223. The van der Waals surface area contributed by atoms with E-state index >= 15 is 0 Å². The van der Waals surface area contributed by atoms with E-state index in [0.29, 0.717) is 5.56 Å². The van der Waals surface area contributed by atoms with Crippen molar-refractivity contribution in [2.75, 3.05) is 7.11 Å². The molecule has 0 bridgehead atoms. The SMILES string of the molecule is COc1cc(/C=N\NC(=O)Cc2ccccc2)cc(Cl)c1O. The minimum Gasteiger partial charge on any atom is -0.503 e. The molecule has 2 rings (SSSR count). The van der Waals surface area contributed by atoms with Gasteiger partial charge in [0.15, 0.2) is 11.5 Å². The van der Waals surface area contributed by atoms with E-state index < -0.39 is 0 Å². The van der Waals surface area contributed by atoms with Crippen LogP contribution in [-0.4, -0.2) is 24.3 Å². The van der Waals surface area contributed by atoms with E-state index in [-0.39, 0.29) is 28.8 Å². The van der Waals surface area contributed by atoms with Crippen molar-refractivity contribution in [1.82, 2.24) is 5.43 Å². The smallest absolute Gasteiger partial charge is 0.244 e. The summed E-state index contributed by atoms with van der Waals surface area (Å²) in [5.41, 5.74) is 3.94. The second-order valence-corrected chi connectivity index (χ2v) is 4.92. The molecule has 0 aliphatic carbocycles. The molecular weight excluding hydrogens is 304 g/mol. The lowest BCUT2D eigenvalue weighted by Gasteiger charge is -2.06. The van der Waals surface area contributed by atoms with E-state index in [2.05, 4.69) is 10.5 Å². The molecule has 22 heavy (non-hydrogen) atoms. The first-order chi connectivity index (χ1) is 10.6. The van der Waals surface area contributed by atoms with E-state index in [0.717, 1.165) is 5.56 Å². The van der Waals surface area contributed by atoms with Crippen molar-refractivity contribution in [2.24, 2.45) is 5.10 Å². The number of methoxy groups -OCH3 is 1. The number of ether oxygens (including phenoxy) is 1. The highest BCUT2D eigenvalue weighted by atomic mass is 35.5. The molecule has 114 valence electrons. The molecule has 6 heteroatoms. The van der Waals surface area contributed by atoms with Crippen molar-refractivity contribution in [3.8, 4) is 11.5 Å². The number of hydrogen-bond acceptors (Lipinski definition) is 4. The van der Waals surface area contributed by atoms with Crippen molar-refractivity contribution < 1.29 is 14.6 Å². The molecule has 0 saturated heterocycles. The number of carbonyl (C=O) groups excluding carboxylic acids is 1. The maximum atomic E-state index is 11.7. The van der Waals surface area contributed by atoms with Crippen LogP contribution in [0, 0.1) is 0 Å². The Balaban J connectivity index is 1.98. The zero-order chi connectivity index (χ0) is 15.9. The number of nitrogens with zero attached hydrogens (tertiary/aromatic N) is 1. The standard InChI is InChI=1S/C16H15ClN2O3/c1-22-14-8-12(7-13(17)16(14)21)10-18-19-15(20)9-11-5-3-2-4-6-11/h2-8,10,21H,9H2,1H3,(H,19,20)/b18-10-. The van der Waals surface area contributed by atoms with Crippen molar-refractivity contribution in [2.45, 2.75) is 6.42 Å². The van der Waals surface area contributed by atoms with Gasteiger partial charge in [0.2, 0.25) is 5.91 Å². The highest BCUT2D eigenvalue weighted by Gasteiger charge is 2.08. The quantitative estimate of drug-likeness (QED) is 0.658. The van der Waals surface area contributed by atoms with Crippen LogP contribution < -0.4 is 10.2 Å². The highest BCUT2D eigenvalue weighted by Crippen LogP contribution is 2.34. The highest BCUT2D eigenvalue weighted by molar-refractivity contribution is 6.32. The van der Waals surface area contributed by atoms with Gasteiger partial charge >= 0.3 is 0 Å². The molecule has 0 aliphatic rings. The number of amides is 1. The van der Waals surface area contributed by atoms with Crippen LogP contribution in [0.1, 0.15) is 11.1 Å². The topological polar surface area (TPSA) is 70.9 Å². The molecule has 2 aromatic carbocycles. The van der Waals surface area contributed by atoms with Gasteiger partial charge in [-0.15, -0.1) is 0 Å². The molecule has 0 fully saturated rings. The first-order valence-electron chi connectivity index (χ1n) is 6.52. The van der Waals surface area contributed by atoms with Crippen molar-refractivity contribution in [3.63, 3.8) is 0 Å². The van der Waals surface area contributed by atoms with Gasteiger partial charge in [-0.25, -0.2) is 5.43 Å². The molecule has 1 amide bonds. The van der Waals surface area contributed by atoms with Crippen LogP contribution in [0.5, 0.6) is 11.5 Å².